The van der Waals surface area contributed by atoms with Crippen LogP contribution in [0.2, 0.25) is 0 Å². The number of alkyl halides is 6. The van der Waals surface area contributed by atoms with Crippen LogP contribution in [0.5, 0.6) is 0 Å². The highest BCUT2D eigenvalue weighted by Crippen LogP contribution is 2.33. The molecular weight excluding hydrogens is 979 g/mol. The number of carbonyl (C=O) groups is 4. The molecule has 0 spiro atoms. The summed E-state index contributed by atoms with van der Waals surface area (Å²) in [6.45, 7) is 2.60. The van der Waals surface area contributed by atoms with Gasteiger partial charge in [-0.2, -0.15) is 43.2 Å². The van der Waals surface area contributed by atoms with Gasteiger partial charge < -0.3 is 29.0 Å². The fourth-order valence-electron chi connectivity index (χ4n) is 6.77. The van der Waals surface area contributed by atoms with Gasteiger partial charge in [0.2, 0.25) is 5.91 Å². The number of halogens is 6. The molecule has 0 radical (unpaired) electrons. The lowest BCUT2D eigenvalue weighted by atomic mass is 9.97. The Hall–Kier alpha value is -6.79. The highest BCUT2D eigenvalue weighted by atomic mass is 32.3. The fourth-order valence-corrected chi connectivity index (χ4v) is 8.33. The maximum atomic E-state index is 12.4. The number of aromatic nitrogens is 1. The topological polar surface area (TPSA) is 209 Å². The molecule has 3 amide bonds. The number of Topliss-reactive ketones (excluding diaryl/α,β-unsaturated/α-hetero) is 1. The van der Waals surface area contributed by atoms with Crippen LogP contribution in [0.15, 0.2) is 132 Å². The first kappa shape index (κ1) is 54.2. The van der Waals surface area contributed by atoms with E-state index in [2.05, 4.69) is 10.3 Å². The van der Waals surface area contributed by atoms with Crippen LogP contribution in [0.4, 0.5) is 35.9 Å². The predicted molar refractivity (Wildman–Crippen MR) is 238 cm³/mol. The van der Waals surface area contributed by atoms with Gasteiger partial charge in [0.1, 0.15) is 13.2 Å². The van der Waals surface area contributed by atoms with Crippen LogP contribution in [-0.2, 0) is 51.3 Å². The molecule has 24 heteroatoms. The van der Waals surface area contributed by atoms with Crippen molar-refractivity contribution in [1.29, 1.82) is 0 Å². The predicted octanol–water partition coefficient (Wildman–Crippen LogP) is 8.59. The highest BCUT2D eigenvalue weighted by molar-refractivity contribution is 8.00. The van der Waals surface area contributed by atoms with Crippen LogP contribution in [0.3, 0.4) is 0 Å². The smallest absolute Gasteiger partial charge is 0.445 e. The van der Waals surface area contributed by atoms with E-state index < -0.39 is 37.3 Å². The Kier molecular flexibility index (Phi) is 19.1. The Balaban J connectivity index is 0.000000206. The number of oxazole rings is 1. The number of carbonyl (C=O) groups excluding carboxylic acids is 4. The maximum absolute atomic E-state index is 12.4. The van der Waals surface area contributed by atoms with Crippen molar-refractivity contribution in [2.45, 2.75) is 55.8 Å². The third-order valence-electron chi connectivity index (χ3n) is 10.3. The lowest BCUT2D eigenvalue weighted by Crippen LogP contribution is -2.46. The van der Waals surface area contributed by atoms with Gasteiger partial charge in [0, 0.05) is 37.3 Å². The molecule has 2 aliphatic heterocycles. The minimum atomic E-state index is -6.85. The van der Waals surface area contributed by atoms with Crippen molar-refractivity contribution in [3.63, 3.8) is 0 Å². The average Bonchev–Trinajstić information content (AvgIpc) is 3.86. The van der Waals surface area contributed by atoms with Crippen molar-refractivity contribution in [2.75, 3.05) is 32.7 Å². The minimum absolute atomic E-state index is 0.0438. The average molecular weight is 1030 g/mol. The molecule has 1 N–H and O–H groups in total. The molecule has 5 aromatic rings. The van der Waals surface area contributed by atoms with Crippen molar-refractivity contribution in [2.24, 2.45) is 5.92 Å². The Morgan fingerprint density at radius 1 is 0.643 bits per heavy atom. The largest absolute Gasteiger partial charge is 0.524 e. The Morgan fingerprint density at radius 2 is 1.10 bits per heavy atom. The van der Waals surface area contributed by atoms with Crippen molar-refractivity contribution in [3.8, 4) is 11.3 Å². The molecule has 2 unspecified atom stereocenters. The number of piperidine rings is 2. The second-order valence-corrected chi connectivity index (χ2v) is 18.7. The van der Waals surface area contributed by atoms with Gasteiger partial charge in [-0.15, -0.1) is 3.63 Å². The van der Waals surface area contributed by atoms with Crippen LogP contribution in [0.1, 0.15) is 59.0 Å². The van der Waals surface area contributed by atoms with Crippen LogP contribution >= 0.6 is 0 Å². The molecule has 4 aromatic carbocycles. The number of ether oxygens (including phenoxy) is 2. The molecule has 2 atom stereocenters. The van der Waals surface area contributed by atoms with Crippen LogP contribution in [0.25, 0.3) is 11.3 Å². The number of nitrogens with zero attached hydrogens (tertiary/aromatic N) is 3. The Labute approximate surface area is 398 Å². The summed E-state index contributed by atoms with van der Waals surface area (Å²) in [7, 11) is -13.7. The van der Waals surface area contributed by atoms with Crippen molar-refractivity contribution in [3.05, 3.63) is 150 Å². The summed E-state index contributed by atoms with van der Waals surface area (Å²) in [6, 6.07) is 38.0. The Bertz CT molecular complexity index is 2670. The van der Waals surface area contributed by atoms with E-state index in [-0.39, 0.29) is 49.4 Å². The van der Waals surface area contributed by atoms with E-state index in [0.717, 1.165) is 41.7 Å². The number of hydrogen-bond donors (Lipinski definition) is 1. The van der Waals surface area contributed by atoms with Gasteiger partial charge in [-0.05, 0) is 36.8 Å². The van der Waals surface area contributed by atoms with Crippen LogP contribution in [0, 0.1) is 5.92 Å². The van der Waals surface area contributed by atoms with Gasteiger partial charge in [-0.1, -0.05) is 121 Å². The van der Waals surface area contributed by atoms with Crippen molar-refractivity contribution in [1.82, 2.24) is 20.1 Å². The van der Waals surface area contributed by atoms with E-state index in [1.807, 2.05) is 101 Å². The number of nitrogens with one attached hydrogen (secondary N) is 1. The summed E-state index contributed by atoms with van der Waals surface area (Å²) in [6.07, 6.45) is 4.35. The van der Waals surface area contributed by atoms with E-state index in [1.54, 1.807) is 40.3 Å². The van der Waals surface area contributed by atoms with E-state index in [0.29, 0.717) is 44.1 Å². The number of hydrogen-bond acceptors (Lipinski definition) is 13. The standard InChI is InChI=1S/C22H24N2O4.C22H22N2O3.C2F6O5S2/c25-20(18-10-5-2-6-11-18)14-23-21(26)19-12-7-13-24(15-19)22(27)28-16-17-8-3-1-4-9-17;25-22(26-16-17-8-3-1-4-9-17)24-13-7-12-19(15-24)21-23-14-20(27-21)18-10-5-2-6-11-18;3-1(4,5)14(9,10)13-15(11,12)2(6,7)8/h1-6,8-11,19H,7,12-16H2,(H,23,26);1-6,8-11,14,19H,7,12-13,15-16H2;. The molecule has 3 heterocycles. The molecule has 7 rings (SSSR count). The summed E-state index contributed by atoms with van der Waals surface area (Å²) >= 11 is 0. The molecular formula is C46H46F6N4O12S2. The van der Waals surface area contributed by atoms with Gasteiger partial charge in [-0.25, -0.2) is 14.6 Å². The second kappa shape index (κ2) is 24.7. The molecule has 2 aliphatic rings. The number of amides is 3. The van der Waals surface area contributed by atoms with E-state index in [1.165, 1.54) is 0 Å². The maximum Gasteiger partial charge on any atom is 0.524 e. The van der Waals surface area contributed by atoms with Crippen molar-refractivity contribution >= 4 is 44.1 Å². The van der Waals surface area contributed by atoms with Gasteiger partial charge in [-0.3, -0.25) is 9.59 Å². The second-order valence-electron chi connectivity index (χ2n) is 15.5. The first-order valence-corrected chi connectivity index (χ1v) is 24.1. The molecule has 0 aliphatic carbocycles. The molecule has 0 bridgehead atoms. The quantitative estimate of drug-likeness (QED) is 0.0706. The Morgan fingerprint density at radius 3 is 1.60 bits per heavy atom. The minimum Gasteiger partial charge on any atom is -0.445 e. The summed E-state index contributed by atoms with van der Waals surface area (Å²) in [4.78, 5) is 57.1. The van der Waals surface area contributed by atoms with E-state index in [4.69, 9.17) is 13.9 Å². The molecule has 2 saturated heterocycles. The molecule has 16 nitrogen and oxygen atoms in total. The first-order valence-electron chi connectivity index (χ1n) is 21.3. The van der Waals surface area contributed by atoms with Crippen LogP contribution < -0.4 is 5.32 Å². The zero-order chi connectivity index (χ0) is 51.0. The van der Waals surface area contributed by atoms with E-state index in [9.17, 15) is 62.4 Å². The van der Waals surface area contributed by atoms with E-state index >= 15 is 0 Å². The summed E-state index contributed by atoms with van der Waals surface area (Å²) in [5.74, 6) is 0.875. The number of ketones is 1. The number of benzene rings is 4. The zero-order valence-electron chi connectivity index (χ0n) is 36.9. The molecule has 0 saturated carbocycles. The zero-order valence-corrected chi connectivity index (χ0v) is 38.5. The highest BCUT2D eigenvalue weighted by Gasteiger charge is 2.57. The lowest BCUT2D eigenvalue weighted by molar-refractivity contribution is -0.126. The van der Waals surface area contributed by atoms with Gasteiger partial charge in [0.15, 0.2) is 17.4 Å². The molecule has 1 aromatic heterocycles. The van der Waals surface area contributed by atoms with Gasteiger partial charge in [0.25, 0.3) is 0 Å². The normalized spacial score (nSPS) is 16.3. The fraction of sp³-hybridized carbons (Fsp3) is 0.326. The molecule has 2 fully saturated rings. The number of rotatable bonds is 12. The van der Waals surface area contributed by atoms with Crippen molar-refractivity contribution < 1.29 is 79.9 Å². The third-order valence-corrected chi connectivity index (χ3v) is 12.9. The summed E-state index contributed by atoms with van der Waals surface area (Å²) in [5, 5.41) is 2.70. The lowest BCUT2D eigenvalue weighted by Gasteiger charge is -2.31. The first-order chi connectivity index (χ1) is 33.1. The van der Waals surface area contributed by atoms with Crippen LogP contribution in [-0.4, -0.2) is 99.2 Å². The monoisotopic (exact) mass is 1020 g/mol. The summed E-state index contributed by atoms with van der Waals surface area (Å²) in [5.41, 5.74) is -9.04. The molecule has 70 heavy (non-hydrogen) atoms. The number of likely N-dealkylation sites (tertiary alicyclic amines) is 2. The van der Waals surface area contributed by atoms with Gasteiger partial charge in [0.05, 0.1) is 24.6 Å². The SMILES string of the molecule is O=C(CNC(=O)C1CCCN(C(=O)OCc2ccccc2)C1)c1ccccc1.O=C(OCc1ccccc1)N1CCCC(c2ncc(-c3ccccc3)o2)C1.O=S(=O)(OS(=O)(=O)C(F)(F)F)C(F)(F)F. The van der Waals surface area contributed by atoms with Gasteiger partial charge >= 0.3 is 43.4 Å². The third kappa shape index (κ3) is 16.2. The summed E-state index contributed by atoms with van der Waals surface area (Å²) < 4.78 is 127. The molecule has 376 valence electrons.